The first-order valence-electron chi connectivity index (χ1n) is 8.90. The van der Waals surface area contributed by atoms with Crippen LogP contribution < -0.4 is 14.4 Å². The van der Waals surface area contributed by atoms with Crippen molar-refractivity contribution < 1.29 is 27.4 Å². The largest absolute Gasteiger partial charge is 0.489 e. The predicted octanol–water partition coefficient (Wildman–Crippen LogP) is 5.98. The summed E-state index contributed by atoms with van der Waals surface area (Å²) in [4.78, 5) is 13.4. The molecule has 0 bridgehead atoms. The highest BCUT2D eigenvalue weighted by atomic mass is 35.5. The monoisotopic (exact) mass is 447 g/mol. The summed E-state index contributed by atoms with van der Waals surface area (Å²) in [5.41, 5.74) is 0.707. The predicted molar refractivity (Wildman–Crippen MR) is 105 cm³/mol. The Morgan fingerprint density at radius 1 is 1.10 bits per heavy atom. The Morgan fingerprint density at radius 2 is 1.76 bits per heavy atom. The van der Waals surface area contributed by atoms with Crippen LogP contribution in [0.5, 0.6) is 11.5 Å². The number of piperidine rings is 1. The Balaban J connectivity index is 1.62. The van der Waals surface area contributed by atoms with Crippen molar-refractivity contribution >= 4 is 34.7 Å². The van der Waals surface area contributed by atoms with Crippen LogP contribution in [0.25, 0.3) is 0 Å². The zero-order chi connectivity index (χ0) is 21.1. The van der Waals surface area contributed by atoms with E-state index in [2.05, 4.69) is 4.74 Å². The fraction of sp³-hybridized carbons (Fsp3) is 0.350. The molecule has 156 valence electrons. The lowest BCUT2D eigenvalue weighted by molar-refractivity contribution is -0.0497. The van der Waals surface area contributed by atoms with Crippen LogP contribution in [-0.4, -0.2) is 31.6 Å². The highest BCUT2D eigenvalue weighted by molar-refractivity contribution is 6.32. The van der Waals surface area contributed by atoms with Gasteiger partial charge in [0.25, 0.3) is 0 Å². The molecule has 9 heteroatoms. The minimum absolute atomic E-state index is 0.0747. The van der Waals surface area contributed by atoms with Gasteiger partial charge in [-0.1, -0.05) is 23.2 Å². The minimum atomic E-state index is -2.94. The van der Waals surface area contributed by atoms with Gasteiger partial charge in [-0.15, -0.1) is 0 Å². The van der Waals surface area contributed by atoms with Crippen molar-refractivity contribution in [3.05, 3.63) is 51.8 Å². The van der Waals surface area contributed by atoms with E-state index in [9.17, 15) is 18.0 Å². The van der Waals surface area contributed by atoms with Crippen LogP contribution in [0.15, 0.2) is 30.3 Å². The third kappa shape index (κ3) is 5.28. The summed E-state index contributed by atoms with van der Waals surface area (Å²) in [7, 11) is 0. The van der Waals surface area contributed by atoms with Gasteiger partial charge in [0.15, 0.2) is 5.78 Å². The van der Waals surface area contributed by atoms with Crippen LogP contribution in [-0.2, 0) is 0 Å². The van der Waals surface area contributed by atoms with Crippen LogP contribution in [0, 0.1) is 5.82 Å². The minimum Gasteiger partial charge on any atom is -0.489 e. The number of hydrogen-bond donors (Lipinski definition) is 0. The van der Waals surface area contributed by atoms with E-state index in [1.54, 1.807) is 12.1 Å². The SMILES string of the molecule is CC(=O)c1cc(Cl)c(OC2CCN(c3ccc(OC(F)F)c(Cl)c3)CC2)cc1F. The quantitative estimate of drug-likeness (QED) is 0.510. The molecule has 1 aliphatic rings. The van der Waals surface area contributed by atoms with Crippen molar-refractivity contribution in [1.82, 2.24) is 0 Å². The molecule has 0 unspecified atom stereocenters. The average molecular weight is 448 g/mol. The van der Waals surface area contributed by atoms with E-state index in [0.717, 1.165) is 11.8 Å². The van der Waals surface area contributed by atoms with Crippen LogP contribution >= 0.6 is 23.2 Å². The smallest absolute Gasteiger partial charge is 0.387 e. The molecule has 29 heavy (non-hydrogen) atoms. The van der Waals surface area contributed by atoms with E-state index in [1.165, 1.54) is 19.1 Å². The van der Waals surface area contributed by atoms with Gasteiger partial charge in [0.05, 0.1) is 15.6 Å². The number of carbonyl (C=O) groups excluding carboxylic acids is 1. The second-order valence-electron chi connectivity index (χ2n) is 6.62. The number of carbonyl (C=O) groups is 1. The Labute approximate surface area is 176 Å². The first kappa shape index (κ1) is 21.6. The summed E-state index contributed by atoms with van der Waals surface area (Å²) >= 11 is 12.1. The molecular weight excluding hydrogens is 430 g/mol. The first-order valence-corrected chi connectivity index (χ1v) is 9.66. The molecular formula is C20H18Cl2F3NO3. The third-order valence-corrected chi connectivity index (χ3v) is 5.22. The van der Waals surface area contributed by atoms with Gasteiger partial charge in [0.1, 0.15) is 23.4 Å². The molecule has 1 aliphatic heterocycles. The Morgan fingerprint density at radius 3 is 2.34 bits per heavy atom. The molecule has 0 aromatic heterocycles. The molecule has 1 heterocycles. The van der Waals surface area contributed by atoms with Crippen LogP contribution in [0.3, 0.4) is 0 Å². The summed E-state index contributed by atoms with van der Waals surface area (Å²) in [6.45, 7) is -0.417. The van der Waals surface area contributed by atoms with Gasteiger partial charge in [0, 0.05) is 37.7 Å². The first-order chi connectivity index (χ1) is 13.7. The summed E-state index contributed by atoms with van der Waals surface area (Å²) < 4.78 is 48.9. The van der Waals surface area contributed by atoms with Gasteiger partial charge in [-0.2, -0.15) is 8.78 Å². The van der Waals surface area contributed by atoms with E-state index >= 15 is 0 Å². The summed E-state index contributed by atoms with van der Waals surface area (Å²) in [6, 6.07) is 7.05. The van der Waals surface area contributed by atoms with Crippen molar-refractivity contribution in [3.8, 4) is 11.5 Å². The second-order valence-corrected chi connectivity index (χ2v) is 7.43. The second kappa shape index (κ2) is 9.13. The van der Waals surface area contributed by atoms with Crippen LogP contribution in [0.1, 0.15) is 30.1 Å². The maximum Gasteiger partial charge on any atom is 0.387 e. The number of halogens is 5. The molecule has 0 atom stereocenters. The highest BCUT2D eigenvalue weighted by Crippen LogP contribution is 2.33. The fourth-order valence-corrected chi connectivity index (χ4v) is 3.61. The lowest BCUT2D eigenvalue weighted by Crippen LogP contribution is -2.38. The number of hydrogen-bond acceptors (Lipinski definition) is 4. The number of alkyl halides is 2. The van der Waals surface area contributed by atoms with Crippen molar-refractivity contribution in [3.63, 3.8) is 0 Å². The number of ether oxygens (including phenoxy) is 2. The summed E-state index contributed by atoms with van der Waals surface area (Å²) in [5.74, 6) is -0.957. The molecule has 2 aromatic rings. The summed E-state index contributed by atoms with van der Waals surface area (Å²) in [5, 5.41) is 0.287. The van der Waals surface area contributed by atoms with E-state index in [0.29, 0.717) is 25.9 Å². The molecule has 0 radical (unpaired) electrons. The number of Topliss-reactive ketones (excluding diaryl/α,β-unsaturated/α-hetero) is 1. The average Bonchev–Trinajstić information content (AvgIpc) is 2.66. The maximum atomic E-state index is 14.0. The number of anilines is 1. The fourth-order valence-electron chi connectivity index (χ4n) is 3.18. The molecule has 3 rings (SSSR count). The zero-order valence-electron chi connectivity index (χ0n) is 15.4. The lowest BCUT2D eigenvalue weighted by atomic mass is 10.1. The molecule has 0 saturated carbocycles. The van der Waals surface area contributed by atoms with Crippen LogP contribution in [0.2, 0.25) is 10.0 Å². The van der Waals surface area contributed by atoms with E-state index < -0.39 is 18.2 Å². The van der Waals surface area contributed by atoms with E-state index in [-0.39, 0.29) is 33.2 Å². The number of benzene rings is 2. The van der Waals surface area contributed by atoms with Crippen molar-refractivity contribution in [1.29, 1.82) is 0 Å². The summed E-state index contributed by atoms with van der Waals surface area (Å²) in [6.07, 6.45) is 1.10. The normalized spacial score (nSPS) is 14.9. The third-order valence-electron chi connectivity index (χ3n) is 4.63. The van der Waals surface area contributed by atoms with Crippen molar-refractivity contribution in [2.24, 2.45) is 0 Å². The molecule has 1 fully saturated rings. The standard InChI is InChI=1S/C20H18Cl2F3NO3/c1-11(27)14-9-16(22)19(10-17(14)23)28-13-4-6-26(7-5-13)12-2-3-18(15(21)8-12)29-20(24)25/h2-3,8-10,13,20H,4-7H2,1H3. The van der Waals surface area contributed by atoms with Gasteiger partial charge in [-0.3, -0.25) is 4.79 Å². The van der Waals surface area contributed by atoms with Gasteiger partial charge in [-0.25, -0.2) is 4.39 Å². The van der Waals surface area contributed by atoms with Gasteiger partial charge in [0.2, 0.25) is 0 Å². The topological polar surface area (TPSA) is 38.8 Å². The lowest BCUT2D eigenvalue weighted by Gasteiger charge is -2.34. The highest BCUT2D eigenvalue weighted by Gasteiger charge is 2.23. The van der Waals surface area contributed by atoms with Crippen molar-refractivity contribution in [2.45, 2.75) is 32.5 Å². The van der Waals surface area contributed by atoms with Crippen molar-refractivity contribution in [2.75, 3.05) is 18.0 Å². The molecule has 0 aliphatic carbocycles. The molecule has 2 aromatic carbocycles. The Bertz CT molecular complexity index is 903. The van der Waals surface area contributed by atoms with E-state index in [4.69, 9.17) is 27.9 Å². The number of rotatable bonds is 6. The maximum absolute atomic E-state index is 14.0. The number of ketones is 1. The Hall–Kier alpha value is -2.12. The molecule has 1 saturated heterocycles. The zero-order valence-corrected chi connectivity index (χ0v) is 16.9. The number of nitrogens with zero attached hydrogens (tertiary/aromatic N) is 1. The van der Waals surface area contributed by atoms with E-state index in [1.807, 2.05) is 4.90 Å². The van der Waals surface area contributed by atoms with Gasteiger partial charge < -0.3 is 14.4 Å². The van der Waals surface area contributed by atoms with Gasteiger partial charge in [-0.05, 0) is 31.2 Å². The molecule has 0 amide bonds. The molecule has 0 N–H and O–H groups in total. The molecule has 0 spiro atoms. The molecule has 4 nitrogen and oxygen atoms in total. The van der Waals surface area contributed by atoms with Crippen LogP contribution in [0.4, 0.5) is 18.9 Å². The van der Waals surface area contributed by atoms with Gasteiger partial charge >= 0.3 is 6.61 Å². The Kier molecular flexibility index (Phi) is 6.80.